The number of hydrogen-bond acceptors (Lipinski definition) is 6. The second kappa shape index (κ2) is 4.81. The van der Waals surface area contributed by atoms with Gasteiger partial charge in [-0.05, 0) is 12.1 Å². The molecule has 0 aliphatic heterocycles. The number of aromatic amines is 1. The quantitative estimate of drug-likeness (QED) is 0.692. The topological polar surface area (TPSA) is 103 Å². The summed E-state index contributed by atoms with van der Waals surface area (Å²) in [7, 11) is 0. The van der Waals surface area contributed by atoms with Gasteiger partial charge in [-0.2, -0.15) is 4.98 Å². The number of fused-ring (bicyclic) bond motifs is 1. The SMILES string of the molecule is Nc1nc(SCCn2c(=O)oc3ccccc32)n[nH]1. The number of H-pyrrole nitrogens is 1. The van der Waals surface area contributed by atoms with Crippen LogP contribution in [-0.2, 0) is 6.54 Å². The van der Waals surface area contributed by atoms with E-state index in [0.717, 1.165) is 5.52 Å². The van der Waals surface area contributed by atoms with Crippen molar-refractivity contribution in [2.75, 3.05) is 11.5 Å². The van der Waals surface area contributed by atoms with Crippen LogP contribution >= 0.6 is 11.8 Å². The molecule has 7 nitrogen and oxygen atoms in total. The van der Waals surface area contributed by atoms with E-state index in [1.54, 1.807) is 10.6 Å². The van der Waals surface area contributed by atoms with E-state index in [-0.39, 0.29) is 11.7 Å². The fraction of sp³-hybridized carbons (Fsp3) is 0.182. The number of anilines is 1. The molecule has 98 valence electrons. The monoisotopic (exact) mass is 277 g/mol. The highest BCUT2D eigenvalue weighted by Gasteiger charge is 2.08. The van der Waals surface area contributed by atoms with Gasteiger partial charge < -0.3 is 10.2 Å². The summed E-state index contributed by atoms with van der Waals surface area (Å²) >= 11 is 1.42. The Bertz CT molecular complexity index is 760. The molecule has 0 bridgehead atoms. The predicted octanol–water partition coefficient (Wildman–Crippen LogP) is 1.09. The van der Waals surface area contributed by atoms with E-state index in [4.69, 9.17) is 10.2 Å². The van der Waals surface area contributed by atoms with Crippen LogP contribution in [0.4, 0.5) is 5.95 Å². The molecule has 2 heterocycles. The van der Waals surface area contributed by atoms with E-state index in [2.05, 4.69) is 15.2 Å². The average Bonchev–Trinajstić information content (AvgIpc) is 2.94. The van der Waals surface area contributed by atoms with Gasteiger partial charge >= 0.3 is 5.76 Å². The maximum absolute atomic E-state index is 11.7. The van der Waals surface area contributed by atoms with E-state index in [0.29, 0.717) is 23.0 Å². The number of thioether (sulfide) groups is 1. The minimum atomic E-state index is -0.351. The molecule has 3 N–H and O–H groups in total. The third kappa shape index (κ3) is 2.34. The first-order chi connectivity index (χ1) is 9.24. The molecule has 0 saturated carbocycles. The highest BCUT2D eigenvalue weighted by atomic mass is 32.2. The van der Waals surface area contributed by atoms with Gasteiger partial charge in [0, 0.05) is 12.3 Å². The summed E-state index contributed by atoms with van der Waals surface area (Å²) in [5.41, 5.74) is 6.82. The van der Waals surface area contributed by atoms with Crippen LogP contribution in [0, 0.1) is 0 Å². The van der Waals surface area contributed by atoms with Crippen LogP contribution in [0.2, 0.25) is 0 Å². The summed E-state index contributed by atoms with van der Waals surface area (Å²) in [5, 5.41) is 7.04. The summed E-state index contributed by atoms with van der Waals surface area (Å²) in [6, 6.07) is 7.34. The fourth-order valence-electron chi connectivity index (χ4n) is 1.78. The number of aryl methyl sites for hydroxylation is 1. The van der Waals surface area contributed by atoms with Crippen molar-refractivity contribution in [3.05, 3.63) is 34.8 Å². The van der Waals surface area contributed by atoms with Gasteiger partial charge in [0.2, 0.25) is 11.1 Å². The zero-order valence-electron chi connectivity index (χ0n) is 9.87. The number of rotatable bonds is 4. The number of para-hydroxylation sites is 2. The molecule has 0 amide bonds. The van der Waals surface area contributed by atoms with E-state index in [9.17, 15) is 4.79 Å². The van der Waals surface area contributed by atoms with Crippen molar-refractivity contribution in [1.29, 1.82) is 0 Å². The number of nitrogen functional groups attached to an aromatic ring is 1. The lowest BCUT2D eigenvalue weighted by Gasteiger charge is -1.99. The summed E-state index contributed by atoms with van der Waals surface area (Å²) in [6.07, 6.45) is 0. The number of hydrogen-bond donors (Lipinski definition) is 2. The van der Waals surface area contributed by atoms with Gasteiger partial charge in [0.1, 0.15) is 0 Å². The van der Waals surface area contributed by atoms with Crippen LogP contribution in [0.3, 0.4) is 0 Å². The Morgan fingerprint density at radius 3 is 3.05 bits per heavy atom. The van der Waals surface area contributed by atoms with Crippen LogP contribution in [0.1, 0.15) is 0 Å². The molecule has 0 aliphatic rings. The third-order valence-corrected chi connectivity index (χ3v) is 3.43. The third-order valence-electron chi connectivity index (χ3n) is 2.60. The first kappa shape index (κ1) is 11.8. The highest BCUT2D eigenvalue weighted by Crippen LogP contribution is 2.15. The number of oxazole rings is 1. The molecule has 0 fully saturated rings. The molecule has 0 unspecified atom stereocenters. The van der Waals surface area contributed by atoms with Gasteiger partial charge in [-0.3, -0.25) is 4.57 Å². The van der Waals surface area contributed by atoms with E-state index in [1.807, 2.05) is 18.2 Å². The molecule has 2 aromatic heterocycles. The Hall–Kier alpha value is -2.22. The second-order valence-electron chi connectivity index (χ2n) is 3.84. The zero-order valence-corrected chi connectivity index (χ0v) is 10.7. The number of nitrogens with zero attached hydrogens (tertiary/aromatic N) is 3. The molecular formula is C11H11N5O2S. The minimum Gasteiger partial charge on any atom is -0.408 e. The standard InChI is InChI=1S/C11H11N5O2S/c12-9-13-10(15-14-9)19-6-5-16-7-3-1-2-4-8(7)18-11(16)17/h1-4H,5-6H2,(H3,12,13,14,15). The molecule has 0 spiro atoms. The highest BCUT2D eigenvalue weighted by molar-refractivity contribution is 7.99. The Morgan fingerprint density at radius 2 is 2.26 bits per heavy atom. The molecule has 0 radical (unpaired) electrons. The maximum atomic E-state index is 11.7. The van der Waals surface area contributed by atoms with E-state index in [1.165, 1.54) is 11.8 Å². The van der Waals surface area contributed by atoms with Crippen LogP contribution in [0.5, 0.6) is 0 Å². The van der Waals surface area contributed by atoms with Gasteiger partial charge in [-0.25, -0.2) is 9.89 Å². The Balaban J connectivity index is 1.75. The maximum Gasteiger partial charge on any atom is 0.419 e. The summed E-state index contributed by atoms with van der Waals surface area (Å²) in [6.45, 7) is 0.523. The normalized spacial score (nSPS) is 11.2. The number of aromatic nitrogens is 4. The van der Waals surface area contributed by atoms with Gasteiger partial charge in [0.15, 0.2) is 5.58 Å². The van der Waals surface area contributed by atoms with Crippen molar-refractivity contribution in [3.63, 3.8) is 0 Å². The first-order valence-electron chi connectivity index (χ1n) is 5.63. The van der Waals surface area contributed by atoms with Crippen molar-refractivity contribution in [3.8, 4) is 0 Å². The predicted molar refractivity (Wildman–Crippen MR) is 72.0 cm³/mol. The molecule has 1 aromatic carbocycles. The summed E-state index contributed by atoms with van der Waals surface area (Å²) < 4.78 is 6.74. The molecule has 3 rings (SSSR count). The second-order valence-corrected chi connectivity index (χ2v) is 4.90. The largest absolute Gasteiger partial charge is 0.419 e. The lowest BCUT2D eigenvalue weighted by molar-refractivity contribution is 0.514. The number of nitrogens with one attached hydrogen (secondary N) is 1. The van der Waals surface area contributed by atoms with Crippen molar-refractivity contribution in [2.45, 2.75) is 11.7 Å². The fourth-order valence-corrected chi connectivity index (χ4v) is 2.51. The lowest BCUT2D eigenvalue weighted by atomic mass is 10.3. The van der Waals surface area contributed by atoms with Crippen molar-refractivity contribution >= 4 is 28.8 Å². The number of nitrogens with two attached hydrogens (primary N) is 1. The molecule has 3 aromatic rings. The van der Waals surface area contributed by atoms with Crippen molar-refractivity contribution < 1.29 is 4.42 Å². The summed E-state index contributed by atoms with van der Waals surface area (Å²) in [5.74, 6) is 0.588. The number of benzene rings is 1. The van der Waals surface area contributed by atoms with Crippen LogP contribution < -0.4 is 11.5 Å². The van der Waals surface area contributed by atoms with Crippen LogP contribution in [0.25, 0.3) is 11.1 Å². The van der Waals surface area contributed by atoms with Crippen molar-refractivity contribution in [1.82, 2.24) is 19.7 Å². The summed E-state index contributed by atoms with van der Waals surface area (Å²) in [4.78, 5) is 15.7. The van der Waals surface area contributed by atoms with Crippen LogP contribution in [0.15, 0.2) is 38.6 Å². The van der Waals surface area contributed by atoms with E-state index >= 15 is 0 Å². The first-order valence-corrected chi connectivity index (χ1v) is 6.61. The average molecular weight is 277 g/mol. The van der Waals surface area contributed by atoms with Gasteiger partial charge in [0.05, 0.1) is 5.52 Å². The molecular weight excluding hydrogens is 266 g/mol. The Morgan fingerprint density at radius 1 is 1.42 bits per heavy atom. The zero-order chi connectivity index (χ0) is 13.2. The van der Waals surface area contributed by atoms with Crippen molar-refractivity contribution in [2.24, 2.45) is 0 Å². The Kier molecular flexibility index (Phi) is 3.00. The lowest BCUT2D eigenvalue weighted by Crippen LogP contribution is -2.15. The smallest absolute Gasteiger partial charge is 0.408 e. The molecule has 8 heteroatoms. The molecule has 0 atom stereocenters. The van der Waals surface area contributed by atoms with Gasteiger partial charge in [-0.15, -0.1) is 5.10 Å². The Labute approximate surface area is 111 Å². The minimum absolute atomic E-state index is 0.286. The van der Waals surface area contributed by atoms with Crippen LogP contribution in [-0.4, -0.2) is 25.5 Å². The van der Waals surface area contributed by atoms with Gasteiger partial charge in [-0.1, -0.05) is 23.9 Å². The molecule has 0 saturated heterocycles. The van der Waals surface area contributed by atoms with Gasteiger partial charge in [0.25, 0.3) is 0 Å². The molecule has 0 aliphatic carbocycles. The van der Waals surface area contributed by atoms with E-state index < -0.39 is 0 Å². The molecule has 19 heavy (non-hydrogen) atoms.